The second-order valence-corrected chi connectivity index (χ2v) is 7.69. The van der Waals surface area contributed by atoms with Gasteiger partial charge in [0.1, 0.15) is 6.54 Å². The summed E-state index contributed by atoms with van der Waals surface area (Å²) in [6, 6.07) is 16.1. The molecule has 0 aliphatic rings. The number of amides is 1. The smallest absolute Gasteiger partial charge is 0.275 e. The third-order valence-corrected chi connectivity index (χ3v) is 5.62. The molecule has 5 nitrogen and oxygen atoms in total. The molecule has 0 aliphatic heterocycles. The first-order chi connectivity index (χ1) is 15.9. The molecule has 0 bridgehead atoms. The first-order valence-electron chi connectivity index (χ1n) is 10.8. The maximum absolute atomic E-state index is 13.9. The predicted molar refractivity (Wildman–Crippen MR) is 125 cm³/mol. The highest BCUT2D eigenvalue weighted by molar-refractivity contribution is 5.95. The number of anilines is 1. The number of carbonyl (C=O) groups excluding carboxylic acids is 1. The van der Waals surface area contributed by atoms with E-state index < -0.39 is 23.1 Å². The lowest BCUT2D eigenvalue weighted by atomic mass is 10.0. The van der Waals surface area contributed by atoms with Gasteiger partial charge in [-0.15, -0.1) is 0 Å². The van der Waals surface area contributed by atoms with E-state index >= 15 is 0 Å². The number of para-hydroxylation sites is 1. The van der Waals surface area contributed by atoms with E-state index in [1.807, 2.05) is 32.0 Å². The van der Waals surface area contributed by atoms with Gasteiger partial charge in [-0.3, -0.25) is 9.59 Å². The van der Waals surface area contributed by atoms with Gasteiger partial charge in [0.05, 0.1) is 11.1 Å². The molecule has 0 fully saturated rings. The molecular weight excluding hydrogens is 424 g/mol. The summed E-state index contributed by atoms with van der Waals surface area (Å²) in [4.78, 5) is 26.0. The molecule has 4 aromatic rings. The van der Waals surface area contributed by atoms with Crippen LogP contribution in [0.2, 0.25) is 0 Å². The van der Waals surface area contributed by atoms with Crippen LogP contribution in [-0.2, 0) is 24.2 Å². The van der Waals surface area contributed by atoms with Crippen LogP contribution in [-0.4, -0.2) is 15.7 Å². The van der Waals surface area contributed by atoms with Crippen LogP contribution in [0.3, 0.4) is 0 Å². The van der Waals surface area contributed by atoms with E-state index in [4.69, 9.17) is 0 Å². The van der Waals surface area contributed by atoms with E-state index in [-0.39, 0.29) is 6.54 Å². The number of nitrogens with one attached hydrogen (secondary N) is 1. The number of nitrogens with zero attached hydrogens (tertiary/aromatic N) is 2. The molecule has 4 rings (SSSR count). The second-order valence-electron chi connectivity index (χ2n) is 7.69. The summed E-state index contributed by atoms with van der Waals surface area (Å²) in [6.45, 7) is 3.70. The van der Waals surface area contributed by atoms with Crippen molar-refractivity contribution in [3.63, 3.8) is 0 Å². The zero-order valence-electron chi connectivity index (χ0n) is 18.4. The molecule has 0 aliphatic carbocycles. The van der Waals surface area contributed by atoms with Gasteiger partial charge >= 0.3 is 0 Å². The van der Waals surface area contributed by atoms with E-state index in [1.165, 1.54) is 6.07 Å². The first kappa shape index (κ1) is 22.3. The van der Waals surface area contributed by atoms with Crippen LogP contribution >= 0.6 is 0 Å². The molecular formula is C26H23F2N3O2. The van der Waals surface area contributed by atoms with Crippen molar-refractivity contribution in [2.24, 2.45) is 0 Å². The number of hydrogen-bond donors (Lipinski definition) is 1. The Hall–Kier alpha value is -3.87. The zero-order chi connectivity index (χ0) is 23.5. The Kier molecular flexibility index (Phi) is 6.31. The lowest BCUT2D eigenvalue weighted by Gasteiger charge is -2.15. The maximum atomic E-state index is 13.9. The van der Waals surface area contributed by atoms with Crippen molar-refractivity contribution in [2.75, 3.05) is 5.32 Å². The van der Waals surface area contributed by atoms with Crippen molar-refractivity contribution in [3.8, 4) is 11.3 Å². The average Bonchev–Trinajstić information content (AvgIpc) is 2.83. The maximum Gasteiger partial charge on any atom is 0.275 e. The van der Waals surface area contributed by atoms with Gasteiger partial charge in [-0.2, -0.15) is 5.10 Å². The minimum Gasteiger partial charge on any atom is -0.324 e. The molecule has 0 unspecified atom stereocenters. The highest BCUT2D eigenvalue weighted by Crippen LogP contribution is 2.26. The molecule has 0 saturated carbocycles. The molecule has 0 atom stereocenters. The van der Waals surface area contributed by atoms with E-state index in [9.17, 15) is 18.4 Å². The molecule has 3 aromatic carbocycles. The summed E-state index contributed by atoms with van der Waals surface area (Å²) in [7, 11) is 0. The van der Waals surface area contributed by atoms with E-state index in [1.54, 1.807) is 24.3 Å². The average molecular weight is 447 g/mol. The van der Waals surface area contributed by atoms with Crippen molar-refractivity contribution >= 4 is 22.4 Å². The fraction of sp³-hybridized carbons (Fsp3) is 0.192. The van der Waals surface area contributed by atoms with Crippen LogP contribution in [0.15, 0.2) is 65.5 Å². The Morgan fingerprint density at radius 3 is 2.21 bits per heavy atom. The summed E-state index contributed by atoms with van der Waals surface area (Å²) in [5.74, 6) is -2.39. The number of halogens is 2. The van der Waals surface area contributed by atoms with Crippen LogP contribution in [0.4, 0.5) is 14.5 Å². The SMILES string of the molecule is CCc1cccc(CC)c1NC(=O)Cn1nc(-c2ccc(F)c(F)c2)c2ccccc2c1=O. The van der Waals surface area contributed by atoms with Crippen molar-refractivity contribution in [2.45, 2.75) is 33.2 Å². The van der Waals surface area contributed by atoms with Crippen LogP contribution in [0.25, 0.3) is 22.0 Å². The van der Waals surface area contributed by atoms with Crippen LogP contribution in [0, 0.1) is 11.6 Å². The third kappa shape index (κ3) is 4.39. The summed E-state index contributed by atoms with van der Waals surface area (Å²) >= 11 is 0. The molecule has 1 heterocycles. The van der Waals surface area contributed by atoms with Crippen molar-refractivity contribution in [1.82, 2.24) is 9.78 Å². The summed E-state index contributed by atoms with van der Waals surface area (Å²) in [5, 5.41) is 8.13. The largest absolute Gasteiger partial charge is 0.324 e. The molecule has 33 heavy (non-hydrogen) atoms. The number of rotatable bonds is 6. The molecule has 1 N–H and O–H groups in total. The van der Waals surface area contributed by atoms with Crippen LogP contribution in [0.5, 0.6) is 0 Å². The number of aryl methyl sites for hydroxylation is 2. The molecule has 1 amide bonds. The standard InChI is InChI=1S/C26H23F2N3O2/c1-3-16-8-7-9-17(4-2)24(16)29-23(32)15-31-26(33)20-11-6-5-10-19(20)25(30-31)18-12-13-21(27)22(28)14-18/h5-14H,3-4,15H2,1-2H3,(H,29,32). The van der Waals surface area contributed by atoms with Crippen molar-refractivity contribution < 1.29 is 13.6 Å². The van der Waals surface area contributed by atoms with Gasteiger partial charge in [0.25, 0.3) is 5.56 Å². The summed E-state index contributed by atoms with van der Waals surface area (Å²) < 4.78 is 28.4. The van der Waals surface area contributed by atoms with Crippen molar-refractivity contribution in [3.05, 3.63) is 93.8 Å². The Labute approximate surface area is 189 Å². The fourth-order valence-electron chi connectivity index (χ4n) is 3.92. The predicted octanol–water partition coefficient (Wildman–Crippen LogP) is 5.11. The normalized spacial score (nSPS) is 11.0. The molecule has 168 valence electrons. The van der Waals surface area contributed by atoms with Gasteiger partial charge in [-0.05, 0) is 48.2 Å². The number of hydrogen-bond acceptors (Lipinski definition) is 3. The van der Waals surface area contributed by atoms with E-state index in [2.05, 4.69) is 10.4 Å². The second kappa shape index (κ2) is 9.32. The molecule has 1 aromatic heterocycles. The minimum atomic E-state index is -1.02. The Morgan fingerprint density at radius 2 is 1.58 bits per heavy atom. The van der Waals surface area contributed by atoms with Gasteiger partial charge in [-0.1, -0.05) is 50.2 Å². The zero-order valence-corrected chi connectivity index (χ0v) is 18.4. The Balaban J connectivity index is 1.76. The van der Waals surface area contributed by atoms with Gasteiger partial charge in [0.15, 0.2) is 11.6 Å². The topological polar surface area (TPSA) is 64.0 Å². The van der Waals surface area contributed by atoms with Gasteiger partial charge in [-0.25, -0.2) is 13.5 Å². The van der Waals surface area contributed by atoms with Crippen molar-refractivity contribution in [1.29, 1.82) is 0 Å². The Bertz CT molecular complexity index is 1390. The first-order valence-corrected chi connectivity index (χ1v) is 10.8. The quantitative estimate of drug-likeness (QED) is 0.447. The van der Waals surface area contributed by atoms with Gasteiger partial charge < -0.3 is 5.32 Å². The van der Waals surface area contributed by atoms with Gasteiger partial charge in [0, 0.05) is 16.6 Å². The van der Waals surface area contributed by atoms with Crippen LogP contribution in [0.1, 0.15) is 25.0 Å². The molecule has 7 heteroatoms. The number of carbonyl (C=O) groups is 1. The highest BCUT2D eigenvalue weighted by Gasteiger charge is 2.17. The number of aromatic nitrogens is 2. The Morgan fingerprint density at radius 1 is 0.909 bits per heavy atom. The van der Waals surface area contributed by atoms with Gasteiger partial charge in [0.2, 0.25) is 5.91 Å². The molecule has 0 spiro atoms. The van der Waals surface area contributed by atoms with E-state index in [0.29, 0.717) is 22.0 Å². The third-order valence-electron chi connectivity index (χ3n) is 5.62. The molecule has 0 radical (unpaired) electrons. The van der Waals surface area contributed by atoms with E-state index in [0.717, 1.165) is 46.5 Å². The van der Waals surface area contributed by atoms with Crippen LogP contribution < -0.4 is 10.9 Å². The highest BCUT2D eigenvalue weighted by atomic mass is 19.2. The number of benzene rings is 3. The minimum absolute atomic E-state index is 0.292. The number of fused-ring (bicyclic) bond motifs is 1. The fourth-order valence-corrected chi connectivity index (χ4v) is 3.92. The summed E-state index contributed by atoms with van der Waals surface area (Å²) in [6.07, 6.45) is 1.50. The monoisotopic (exact) mass is 447 g/mol. The molecule has 0 saturated heterocycles. The lowest BCUT2D eigenvalue weighted by molar-refractivity contribution is -0.117. The lowest BCUT2D eigenvalue weighted by Crippen LogP contribution is -2.30. The summed E-state index contributed by atoms with van der Waals surface area (Å²) in [5.41, 5.74) is 2.92.